The van der Waals surface area contributed by atoms with Gasteiger partial charge in [-0.2, -0.15) is 0 Å². The molecule has 0 aliphatic carbocycles. The Morgan fingerprint density at radius 3 is 2.76 bits per heavy atom. The molecule has 0 amide bonds. The minimum Gasteiger partial charge on any atom is -0.481 e. The van der Waals surface area contributed by atoms with E-state index in [4.69, 9.17) is 5.11 Å². The van der Waals surface area contributed by atoms with E-state index in [9.17, 15) is 13.6 Å². The smallest absolute Gasteiger partial charge is 0.310 e. The van der Waals surface area contributed by atoms with Gasteiger partial charge in [-0.1, -0.05) is 12.1 Å². The number of tetrazole rings is 1. The summed E-state index contributed by atoms with van der Waals surface area (Å²) in [7, 11) is 0. The predicted molar refractivity (Wildman–Crippen MR) is 68.4 cm³/mol. The zero-order valence-corrected chi connectivity index (χ0v) is 11.5. The maximum atomic E-state index is 13.6. The van der Waals surface area contributed by atoms with Gasteiger partial charge in [0.15, 0.2) is 17.5 Å². The number of carbonyl (C=O) groups is 1. The molecule has 0 radical (unpaired) electrons. The van der Waals surface area contributed by atoms with E-state index in [0.29, 0.717) is 0 Å². The molecule has 0 spiro atoms. The topological polar surface area (TPSA) is 80.9 Å². The van der Waals surface area contributed by atoms with Crippen LogP contribution in [-0.2, 0) is 17.8 Å². The Hall–Kier alpha value is -2.38. The summed E-state index contributed by atoms with van der Waals surface area (Å²) in [5.41, 5.74) is -0.968. The summed E-state index contributed by atoms with van der Waals surface area (Å²) in [5, 5.41) is 20.0. The molecule has 0 aliphatic heterocycles. The summed E-state index contributed by atoms with van der Waals surface area (Å²) in [6, 6.07) is 3.85. The summed E-state index contributed by atoms with van der Waals surface area (Å²) < 4.78 is 28.1. The van der Waals surface area contributed by atoms with Crippen molar-refractivity contribution in [1.82, 2.24) is 20.2 Å². The summed E-state index contributed by atoms with van der Waals surface area (Å²) in [6.07, 6.45) is -0.0215. The highest BCUT2D eigenvalue weighted by molar-refractivity contribution is 5.73. The van der Waals surface area contributed by atoms with E-state index in [1.807, 2.05) is 0 Å². The van der Waals surface area contributed by atoms with E-state index in [2.05, 4.69) is 15.5 Å². The lowest BCUT2D eigenvalue weighted by atomic mass is 9.94. The van der Waals surface area contributed by atoms with Gasteiger partial charge in [0.1, 0.15) is 0 Å². The minimum absolute atomic E-state index is 0.0215. The molecule has 6 nitrogen and oxygen atoms in total. The first-order chi connectivity index (χ1) is 9.81. The van der Waals surface area contributed by atoms with Crippen LogP contribution in [0.2, 0.25) is 0 Å². The van der Waals surface area contributed by atoms with E-state index >= 15 is 0 Å². The predicted octanol–water partition coefficient (Wildman–Crippen LogP) is 1.65. The van der Waals surface area contributed by atoms with E-state index in [1.165, 1.54) is 30.7 Å². The second-order valence-electron chi connectivity index (χ2n) is 5.33. The van der Waals surface area contributed by atoms with Crippen LogP contribution in [-0.4, -0.2) is 31.3 Å². The van der Waals surface area contributed by atoms with Crippen LogP contribution in [0, 0.1) is 17.0 Å². The number of carboxylic acid groups (broad SMARTS) is 1. The third-order valence-corrected chi connectivity index (χ3v) is 3.11. The van der Waals surface area contributed by atoms with Gasteiger partial charge in [-0.25, -0.2) is 13.5 Å². The van der Waals surface area contributed by atoms with Crippen LogP contribution in [0.25, 0.3) is 0 Å². The van der Waals surface area contributed by atoms with Gasteiger partial charge in [-0.15, -0.1) is 5.10 Å². The molecule has 2 aromatic rings. The lowest BCUT2D eigenvalue weighted by Gasteiger charge is -2.19. The van der Waals surface area contributed by atoms with Crippen LogP contribution in [0.5, 0.6) is 0 Å². The Morgan fingerprint density at radius 2 is 2.10 bits per heavy atom. The fourth-order valence-corrected chi connectivity index (χ4v) is 1.77. The highest BCUT2D eigenvalue weighted by Gasteiger charge is 2.29. The highest BCUT2D eigenvalue weighted by Crippen LogP contribution is 2.20. The maximum absolute atomic E-state index is 13.6. The average Bonchev–Trinajstić information content (AvgIpc) is 2.81. The van der Waals surface area contributed by atoms with Crippen molar-refractivity contribution in [3.05, 3.63) is 41.2 Å². The molecule has 0 saturated heterocycles. The number of nitrogens with zero attached hydrogens (tertiary/aromatic N) is 4. The quantitative estimate of drug-likeness (QED) is 0.907. The van der Waals surface area contributed by atoms with E-state index < -0.39 is 23.0 Å². The highest BCUT2D eigenvalue weighted by atomic mass is 19.2. The van der Waals surface area contributed by atoms with Crippen LogP contribution < -0.4 is 0 Å². The molecule has 0 fully saturated rings. The summed E-state index contributed by atoms with van der Waals surface area (Å²) in [6.45, 7) is 3.09. The number of carboxylic acids is 1. The summed E-state index contributed by atoms with van der Waals surface area (Å²) >= 11 is 0. The SMILES string of the molecule is CC(C)(Cn1nnnc1Cc1cccc(F)c1F)C(=O)O. The molecule has 8 heteroatoms. The molecule has 0 aliphatic rings. The number of aliphatic carboxylic acids is 1. The molecule has 0 bridgehead atoms. The molecule has 112 valence electrons. The lowest BCUT2D eigenvalue weighted by molar-refractivity contribution is -0.147. The first-order valence-electron chi connectivity index (χ1n) is 6.22. The largest absolute Gasteiger partial charge is 0.481 e. The van der Waals surface area contributed by atoms with E-state index in [0.717, 1.165) is 6.07 Å². The zero-order valence-electron chi connectivity index (χ0n) is 11.5. The number of benzene rings is 1. The van der Waals surface area contributed by atoms with Crippen molar-refractivity contribution in [2.24, 2.45) is 5.41 Å². The Morgan fingerprint density at radius 1 is 1.38 bits per heavy atom. The molecule has 1 aromatic heterocycles. The molecule has 21 heavy (non-hydrogen) atoms. The second kappa shape index (κ2) is 5.55. The van der Waals surface area contributed by atoms with Crippen LogP contribution in [0.15, 0.2) is 18.2 Å². The van der Waals surface area contributed by atoms with Crippen LogP contribution >= 0.6 is 0 Å². The van der Waals surface area contributed by atoms with Gasteiger partial charge in [0.05, 0.1) is 12.0 Å². The van der Waals surface area contributed by atoms with Gasteiger partial charge in [0, 0.05) is 6.42 Å². The zero-order chi connectivity index (χ0) is 15.6. The van der Waals surface area contributed by atoms with E-state index in [1.54, 1.807) is 0 Å². The normalized spacial score (nSPS) is 11.6. The Bertz CT molecular complexity index is 670. The first-order valence-corrected chi connectivity index (χ1v) is 6.22. The van der Waals surface area contributed by atoms with Crippen LogP contribution in [0.1, 0.15) is 25.2 Å². The number of halogens is 2. The third kappa shape index (κ3) is 3.21. The van der Waals surface area contributed by atoms with Crippen LogP contribution in [0.4, 0.5) is 8.78 Å². The lowest BCUT2D eigenvalue weighted by Crippen LogP contribution is -2.30. The van der Waals surface area contributed by atoms with Crippen molar-refractivity contribution in [2.75, 3.05) is 0 Å². The fraction of sp³-hybridized carbons (Fsp3) is 0.385. The molecular formula is C13H14F2N4O2. The van der Waals surface area contributed by atoms with Gasteiger partial charge in [-0.05, 0) is 35.9 Å². The standard InChI is InChI=1S/C13H14F2N4O2/c1-13(2,12(20)21)7-19-10(16-17-18-19)6-8-4-3-5-9(14)11(8)15/h3-5H,6-7H2,1-2H3,(H,20,21). The van der Waals surface area contributed by atoms with Gasteiger partial charge >= 0.3 is 5.97 Å². The van der Waals surface area contributed by atoms with Gasteiger partial charge in [0.25, 0.3) is 0 Å². The minimum atomic E-state index is -1.08. The van der Waals surface area contributed by atoms with Gasteiger partial charge in [-0.3, -0.25) is 4.79 Å². The van der Waals surface area contributed by atoms with Crippen molar-refractivity contribution < 1.29 is 18.7 Å². The summed E-state index contributed by atoms with van der Waals surface area (Å²) in [4.78, 5) is 11.1. The van der Waals surface area contributed by atoms with Crippen LogP contribution in [0.3, 0.4) is 0 Å². The van der Waals surface area contributed by atoms with Crippen molar-refractivity contribution in [3.63, 3.8) is 0 Å². The van der Waals surface area contributed by atoms with Crippen molar-refractivity contribution in [1.29, 1.82) is 0 Å². The first kappa shape index (κ1) is 15.0. The molecule has 1 aromatic carbocycles. The molecule has 0 saturated carbocycles. The van der Waals surface area contributed by atoms with Crippen molar-refractivity contribution >= 4 is 5.97 Å². The van der Waals surface area contributed by atoms with Crippen molar-refractivity contribution in [2.45, 2.75) is 26.8 Å². The second-order valence-corrected chi connectivity index (χ2v) is 5.33. The molecule has 0 unspecified atom stereocenters. The monoisotopic (exact) mass is 296 g/mol. The Balaban J connectivity index is 2.25. The Kier molecular flexibility index (Phi) is 3.97. The average molecular weight is 296 g/mol. The molecule has 1 N–H and O–H groups in total. The molecular weight excluding hydrogens is 282 g/mol. The number of aromatic nitrogens is 4. The maximum Gasteiger partial charge on any atom is 0.310 e. The number of hydrogen-bond acceptors (Lipinski definition) is 4. The third-order valence-electron chi connectivity index (χ3n) is 3.11. The number of rotatable bonds is 5. The Labute approximate surface area is 119 Å². The van der Waals surface area contributed by atoms with Crippen molar-refractivity contribution in [3.8, 4) is 0 Å². The van der Waals surface area contributed by atoms with Gasteiger partial charge < -0.3 is 5.11 Å². The van der Waals surface area contributed by atoms with E-state index in [-0.39, 0.29) is 24.4 Å². The van der Waals surface area contributed by atoms with Gasteiger partial charge in [0.2, 0.25) is 0 Å². The summed E-state index contributed by atoms with van der Waals surface area (Å²) in [5.74, 6) is -2.63. The molecule has 1 heterocycles. The molecule has 2 rings (SSSR count). The molecule has 0 atom stereocenters. The number of hydrogen-bond donors (Lipinski definition) is 1. The fourth-order valence-electron chi connectivity index (χ4n) is 1.77.